The lowest BCUT2D eigenvalue weighted by Crippen LogP contribution is -1.98. The Morgan fingerprint density at radius 3 is 2.90 bits per heavy atom. The van der Waals surface area contributed by atoms with Crippen LogP contribution in [0.5, 0.6) is 0 Å². The predicted molar refractivity (Wildman–Crippen MR) is 39.7 cm³/mol. The molecule has 4 heteroatoms. The summed E-state index contributed by atoms with van der Waals surface area (Å²) in [7, 11) is 0. The van der Waals surface area contributed by atoms with E-state index in [0.717, 1.165) is 17.0 Å². The van der Waals surface area contributed by atoms with Gasteiger partial charge < -0.3 is 5.84 Å². The van der Waals surface area contributed by atoms with Crippen LogP contribution in [0.1, 0.15) is 18.2 Å². The number of H-pyrrole nitrogens is 1. The molecule has 1 aromatic rings. The second-order valence-corrected chi connectivity index (χ2v) is 2.12. The first-order valence-electron chi connectivity index (χ1n) is 3.00. The monoisotopic (exact) mass is 138 g/mol. The van der Waals surface area contributed by atoms with Crippen LogP contribution < -0.4 is 5.84 Å². The molecule has 1 heterocycles. The third kappa shape index (κ3) is 1.00. The number of hydrogen-bond acceptors (Lipinski definition) is 3. The molecule has 0 aromatic carbocycles. The van der Waals surface area contributed by atoms with Crippen LogP contribution in [0.25, 0.3) is 0 Å². The third-order valence-electron chi connectivity index (χ3n) is 1.41. The zero-order valence-electron chi connectivity index (χ0n) is 6.05. The second-order valence-electron chi connectivity index (χ2n) is 2.12. The van der Waals surface area contributed by atoms with Gasteiger partial charge in [0.2, 0.25) is 0 Å². The highest BCUT2D eigenvalue weighted by Crippen LogP contribution is 2.02. The zero-order valence-corrected chi connectivity index (χ0v) is 6.05. The molecule has 1 aromatic heterocycles. The van der Waals surface area contributed by atoms with Crippen molar-refractivity contribution in [3.05, 3.63) is 17.5 Å². The minimum absolute atomic E-state index is 0.797. The summed E-state index contributed by atoms with van der Waals surface area (Å²) >= 11 is 0. The molecule has 0 aliphatic heterocycles. The zero-order chi connectivity index (χ0) is 7.56. The van der Waals surface area contributed by atoms with Gasteiger partial charge in [0.05, 0.1) is 11.9 Å². The first-order valence-corrected chi connectivity index (χ1v) is 3.00. The van der Waals surface area contributed by atoms with E-state index in [4.69, 9.17) is 5.84 Å². The van der Waals surface area contributed by atoms with Crippen LogP contribution in [0.3, 0.4) is 0 Å². The SMILES string of the molecule is C/C(=N/N)c1cn[nH]c1C. The van der Waals surface area contributed by atoms with Gasteiger partial charge in [0.25, 0.3) is 0 Å². The lowest BCUT2D eigenvalue weighted by Gasteiger charge is -1.92. The highest BCUT2D eigenvalue weighted by molar-refractivity contribution is 5.99. The van der Waals surface area contributed by atoms with Crippen molar-refractivity contribution in [2.75, 3.05) is 0 Å². The molecule has 0 aliphatic rings. The molecule has 3 N–H and O–H groups in total. The number of hydrazone groups is 1. The van der Waals surface area contributed by atoms with E-state index in [1.807, 2.05) is 13.8 Å². The minimum atomic E-state index is 0.797. The van der Waals surface area contributed by atoms with E-state index in [1.165, 1.54) is 0 Å². The van der Waals surface area contributed by atoms with Crippen LogP contribution >= 0.6 is 0 Å². The Labute approximate surface area is 59.1 Å². The molecule has 0 radical (unpaired) electrons. The largest absolute Gasteiger partial charge is 0.323 e. The van der Waals surface area contributed by atoms with E-state index in [1.54, 1.807) is 6.20 Å². The number of nitrogens with two attached hydrogens (primary N) is 1. The Bertz CT molecular complexity index is 248. The van der Waals surface area contributed by atoms with Gasteiger partial charge in [0.1, 0.15) is 0 Å². The van der Waals surface area contributed by atoms with Crippen molar-refractivity contribution in [2.45, 2.75) is 13.8 Å². The van der Waals surface area contributed by atoms with Crippen molar-refractivity contribution >= 4 is 5.71 Å². The maximum absolute atomic E-state index is 5.08. The molecule has 10 heavy (non-hydrogen) atoms. The molecule has 0 fully saturated rings. The molecule has 0 aliphatic carbocycles. The summed E-state index contributed by atoms with van der Waals surface area (Å²) in [6.07, 6.45) is 1.71. The first-order chi connectivity index (χ1) is 4.75. The van der Waals surface area contributed by atoms with Crippen LogP contribution in [0, 0.1) is 6.92 Å². The van der Waals surface area contributed by atoms with Crippen molar-refractivity contribution in [2.24, 2.45) is 10.9 Å². The summed E-state index contributed by atoms with van der Waals surface area (Å²) in [4.78, 5) is 0. The summed E-state index contributed by atoms with van der Waals surface area (Å²) in [6, 6.07) is 0. The quantitative estimate of drug-likeness (QED) is 0.335. The van der Waals surface area contributed by atoms with Crippen LogP contribution in [0.4, 0.5) is 0 Å². The summed E-state index contributed by atoms with van der Waals surface area (Å²) in [6.45, 7) is 3.77. The van der Waals surface area contributed by atoms with E-state index in [-0.39, 0.29) is 0 Å². The van der Waals surface area contributed by atoms with Crippen molar-refractivity contribution in [1.29, 1.82) is 0 Å². The van der Waals surface area contributed by atoms with E-state index >= 15 is 0 Å². The van der Waals surface area contributed by atoms with Gasteiger partial charge >= 0.3 is 0 Å². The van der Waals surface area contributed by atoms with Gasteiger partial charge in [-0.2, -0.15) is 10.2 Å². The summed E-state index contributed by atoms with van der Waals surface area (Å²) in [5, 5.41) is 10.2. The topological polar surface area (TPSA) is 67.1 Å². The molecule has 0 amide bonds. The number of aromatic nitrogens is 2. The first kappa shape index (κ1) is 6.80. The molecular weight excluding hydrogens is 128 g/mol. The fraction of sp³-hybridized carbons (Fsp3) is 0.333. The molecule has 0 bridgehead atoms. The number of aromatic amines is 1. The lowest BCUT2D eigenvalue weighted by molar-refractivity contribution is 1.05. The van der Waals surface area contributed by atoms with Crippen LogP contribution in [0.15, 0.2) is 11.3 Å². The van der Waals surface area contributed by atoms with Gasteiger partial charge in [0.15, 0.2) is 0 Å². The standard InChI is InChI=1S/C6H10N4/c1-4(9-7)6-3-8-10-5(6)2/h3H,7H2,1-2H3,(H,8,10)/b9-4-. The molecule has 0 saturated carbocycles. The number of nitrogens with zero attached hydrogens (tertiary/aromatic N) is 2. The Morgan fingerprint density at radius 1 is 1.80 bits per heavy atom. The van der Waals surface area contributed by atoms with Crippen LogP contribution in [-0.2, 0) is 0 Å². The summed E-state index contributed by atoms with van der Waals surface area (Å²) in [5.74, 6) is 5.08. The van der Waals surface area contributed by atoms with Crippen LogP contribution in [0.2, 0.25) is 0 Å². The van der Waals surface area contributed by atoms with Crippen molar-refractivity contribution < 1.29 is 0 Å². The number of hydrogen-bond donors (Lipinski definition) is 2. The summed E-state index contributed by atoms with van der Waals surface area (Å²) < 4.78 is 0. The molecule has 54 valence electrons. The minimum Gasteiger partial charge on any atom is -0.323 e. The Morgan fingerprint density at radius 2 is 2.50 bits per heavy atom. The maximum atomic E-state index is 5.08. The normalized spacial score (nSPS) is 12.0. The lowest BCUT2D eigenvalue weighted by atomic mass is 10.2. The van der Waals surface area contributed by atoms with Crippen LogP contribution in [-0.4, -0.2) is 15.9 Å². The molecule has 0 unspecified atom stereocenters. The summed E-state index contributed by atoms with van der Waals surface area (Å²) in [5.41, 5.74) is 2.76. The third-order valence-corrected chi connectivity index (χ3v) is 1.41. The van der Waals surface area contributed by atoms with Gasteiger partial charge in [-0.05, 0) is 13.8 Å². The molecule has 1 rings (SSSR count). The van der Waals surface area contributed by atoms with Gasteiger partial charge in [-0.1, -0.05) is 0 Å². The van der Waals surface area contributed by atoms with E-state index in [0.29, 0.717) is 0 Å². The molecule has 4 nitrogen and oxygen atoms in total. The molecule has 0 atom stereocenters. The fourth-order valence-corrected chi connectivity index (χ4v) is 0.785. The number of rotatable bonds is 1. The molecule has 0 spiro atoms. The smallest absolute Gasteiger partial charge is 0.0675 e. The van der Waals surface area contributed by atoms with Gasteiger partial charge in [0, 0.05) is 11.3 Å². The van der Waals surface area contributed by atoms with Gasteiger partial charge in [-0.25, -0.2) is 0 Å². The predicted octanol–water partition coefficient (Wildman–Crippen LogP) is 0.401. The highest BCUT2D eigenvalue weighted by atomic mass is 15.1. The maximum Gasteiger partial charge on any atom is 0.0675 e. The van der Waals surface area contributed by atoms with Gasteiger partial charge in [-0.15, -0.1) is 0 Å². The van der Waals surface area contributed by atoms with Crippen molar-refractivity contribution in [3.8, 4) is 0 Å². The fourth-order valence-electron chi connectivity index (χ4n) is 0.785. The highest BCUT2D eigenvalue weighted by Gasteiger charge is 2.01. The second kappa shape index (κ2) is 2.51. The Hall–Kier alpha value is -1.32. The Kier molecular flexibility index (Phi) is 1.71. The molecule has 0 saturated heterocycles. The van der Waals surface area contributed by atoms with E-state index < -0.39 is 0 Å². The average molecular weight is 138 g/mol. The van der Waals surface area contributed by atoms with Gasteiger partial charge in [-0.3, -0.25) is 5.10 Å². The average Bonchev–Trinajstić information content (AvgIpc) is 2.34. The van der Waals surface area contributed by atoms with Crippen molar-refractivity contribution in [3.63, 3.8) is 0 Å². The van der Waals surface area contributed by atoms with E-state index in [9.17, 15) is 0 Å². The molecular formula is C6H10N4. The van der Waals surface area contributed by atoms with E-state index in [2.05, 4.69) is 15.3 Å². The van der Waals surface area contributed by atoms with Crippen molar-refractivity contribution in [1.82, 2.24) is 10.2 Å². The Balaban J connectivity index is 3.05. The number of aryl methyl sites for hydroxylation is 1. The number of nitrogens with one attached hydrogen (secondary N) is 1.